The van der Waals surface area contributed by atoms with Crippen molar-refractivity contribution in [2.24, 2.45) is 5.41 Å². The van der Waals surface area contributed by atoms with Gasteiger partial charge in [0.1, 0.15) is 0 Å². The lowest BCUT2D eigenvalue weighted by atomic mass is 9.84. The van der Waals surface area contributed by atoms with Crippen molar-refractivity contribution >= 4 is 0 Å². The fourth-order valence-electron chi connectivity index (χ4n) is 0.888. The smallest absolute Gasteiger partial charge is 0.0152 e. The largest absolute Gasteiger partial charge is 0.0883 e. The van der Waals surface area contributed by atoms with Crippen molar-refractivity contribution in [2.75, 3.05) is 0 Å². The van der Waals surface area contributed by atoms with Gasteiger partial charge < -0.3 is 0 Å². The zero-order chi connectivity index (χ0) is 8.04. The van der Waals surface area contributed by atoms with Crippen LogP contribution in [-0.4, -0.2) is 0 Å². The highest BCUT2D eigenvalue weighted by molar-refractivity contribution is 4.95. The average Bonchev–Trinajstić information content (AvgIpc) is 2.00. The quantitative estimate of drug-likeness (QED) is 0.521. The van der Waals surface area contributed by atoms with Crippen LogP contribution in [0.5, 0.6) is 0 Å². The fraction of sp³-hybridized carbons (Fsp3) is 0.800. The van der Waals surface area contributed by atoms with Crippen molar-refractivity contribution in [1.82, 2.24) is 0 Å². The van der Waals surface area contributed by atoms with Gasteiger partial charge in [-0.3, -0.25) is 0 Å². The molecule has 0 unspecified atom stereocenters. The van der Waals surface area contributed by atoms with Crippen molar-refractivity contribution in [3.63, 3.8) is 0 Å². The van der Waals surface area contributed by atoms with Gasteiger partial charge in [0.25, 0.3) is 0 Å². The summed E-state index contributed by atoms with van der Waals surface area (Å²) >= 11 is 0. The zero-order valence-electron chi connectivity index (χ0n) is 7.78. The van der Waals surface area contributed by atoms with Crippen LogP contribution in [0.3, 0.4) is 0 Å². The van der Waals surface area contributed by atoms with E-state index < -0.39 is 0 Å². The molecule has 0 nitrogen and oxygen atoms in total. The van der Waals surface area contributed by atoms with Crippen LogP contribution in [0.15, 0.2) is 12.2 Å². The first-order chi connectivity index (χ1) is 4.68. The van der Waals surface area contributed by atoms with Gasteiger partial charge in [0.15, 0.2) is 0 Å². The lowest BCUT2D eigenvalue weighted by molar-refractivity contribution is 0.395. The molecule has 0 aliphatic heterocycles. The van der Waals surface area contributed by atoms with Crippen LogP contribution in [-0.2, 0) is 0 Å². The van der Waals surface area contributed by atoms with E-state index in [0.717, 1.165) is 6.42 Å². The van der Waals surface area contributed by atoms with Crippen LogP contribution in [0.1, 0.15) is 47.0 Å². The van der Waals surface area contributed by atoms with Crippen molar-refractivity contribution < 1.29 is 0 Å². The number of rotatable bonds is 4. The Kier molecular flexibility index (Phi) is 4.42. The lowest BCUT2D eigenvalue weighted by Crippen LogP contribution is -2.08. The van der Waals surface area contributed by atoms with E-state index in [-0.39, 0.29) is 0 Å². The average molecular weight is 140 g/mol. The van der Waals surface area contributed by atoms with Crippen molar-refractivity contribution in [3.05, 3.63) is 12.2 Å². The molecule has 60 valence electrons. The molecular formula is C10H20. The van der Waals surface area contributed by atoms with Gasteiger partial charge in [-0.15, -0.1) is 0 Å². The van der Waals surface area contributed by atoms with E-state index in [1.165, 1.54) is 12.8 Å². The molecule has 0 heteroatoms. The molecule has 0 saturated heterocycles. The van der Waals surface area contributed by atoms with Crippen LogP contribution in [0.25, 0.3) is 0 Å². The highest BCUT2D eigenvalue weighted by atomic mass is 14.2. The van der Waals surface area contributed by atoms with E-state index in [9.17, 15) is 0 Å². The molecule has 0 aromatic rings. The Hall–Kier alpha value is -0.260. The van der Waals surface area contributed by atoms with E-state index in [0.29, 0.717) is 5.41 Å². The van der Waals surface area contributed by atoms with Gasteiger partial charge in [-0.1, -0.05) is 39.8 Å². The monoisotopic (exact) mass is 140 g/mol. The van der Waals surface area contributed by atoms with E-state index in [1.54, 1.807) is 0 Å². The molecule has 0 heterocycles. The van der Waals surface area contributed by atoms with E-state index in [4.69, 9.17) is 0 Å². The van der Waals surface area contributed by atoms with Gasteiger partial charge in [0, 0.05) is 0 Å². The third-order valence-electron chi connectivity index (χ3n) is 2.37. The van der Waals surface area contributed by atoms with Crippen LogP contribution >= 0.6 is 0 Å². The third-order valence-corrected chi connectivity index (χ3v) is 2.37. The summed E-state index contributed by atoms with van der Waals surface area (Å²) in [6.45, 7) is 9.01. The normalized spacial score (nSPS) is 12.8. The standard InChI is InChI=1S/C10H20/c1-5-8-9-10(4,6-2)7-3/h8-9H,5-7H2,1-4H3/b9-8+. The van der Waals surface area contributed by atoms with Gasteiger partial charge in [-0.05, 0) is 24.7 Å². The van der Waals surface area contributed by atoms with Gasteiger partial charge in [-0.25, -0.2) is 0 Å². The Morgan fingerprint density at radius 2 is 1.60 bits per heavy atom. The Labute approximate surface area is 65.3 Å². The highest BCUT2D eigenvalue weighted by Gasteiger charge is 2.13. The van der Waals surface area contributed by atoms with Gasteiger partial charge in [0.05, 0.1) is 0 Å². The minimum Gasteiger partial charge on any atom is -0.0883 e. The summed E-state index contributed by atoms with van der Waals surface area (Å²) in [6, 6.07) is 0. The predicted octanol–water partition coefficient (Wildman–Crippen LogP) is 3.78. The van der Waals surface area contributed by atoms with Crippen LogP contribution in [0.4, 0.5) is 0 Å². The Morgan fingerprint density at radius 3 is 1.90 bits per heavy atom. The number of hydrogen-bond donors (Lipinski definition) is 0. The van der Waals surface area contributed by atoms with Crippen LogP contribution < -0.4 is 0 Å². The molecule has 0 spiro atoms. The van der Waals surface area contributed by atoms with E-state index >= 15 is 0 Å². The number of allylic oxidation sites excluding steroid dienone is 2. The van der Waals surface area contributed by atoms with Crippen LogP contribution in [0.2, 0.25) is 0 Å². The predicted molar refractivity (Wildman–Crippen MR) is 48.1 cm³/mol. The first-order valence-electron chi connectivity index (χ1n) is 4.36. The molecule has 0 aliphatic carbocycles. The maximum atomic E-state index is 2.35. The SMILES string of the molecule is CC/C=C/C(C)(CC)CC. The zero-order valence-corrected chi connectivity index (χ0v) is 7.78. The Morgan fingerprint density at radius 1 is 1.10 bits per heavy atom. The van der Waals surface area contributed by atoms with Gasteiger partial charge >= 0.3 is 0 Å². The maximum absolute atomic E-state index is 2.35. The van der Waals surface area contributed by atoms with Gasteiger partial charge in [0.2, 0.25) is 0 Å². The summed E-state index contributed by atoms with van der Waals surface area (Å²) < 4.78 is 0. The first-order valence-corrected chi connectivity index (χ1v) is 4.36. The third kappa shape index (κ3) is 3.05. The molecule has 0 aliphatic rings. The summed E-state index contributed by atoms with van der Waals surface area (Å²) in [4.78, 5) is 0. The molecule has 0 amide bonds. The van der Waals surface area contributed by atoms with Crippen LogP contribution in [0, 0.1) is 5.41 Å². The lowest BCUT2D eigenvalue weighted by Gasteiger charge is -2.21. The molecule has 0 radical (unpaired) electrons. The second-order valence-corrected chi connectivity index (χ2v) is 3.17. The number of hydrogen-bond acceptors (Lipinski definition) is 0. The Bertz CT molecular complexity index is 96.6. The van der Waals surface area contributed by atoms with Crippen molar-refractivity contribution in [3.8, 4) is 0 Å². The van der Waals surface area contributed by atoms with Crippen molar-refractivity contribution in [1.29, 1.82) is 0 Å². The minimum atomic E-state index is 0.454. The summed E-state index contributed by atoms with van der Waals surface area (Å²) in [5.74, 6) is 0. The summed E-state index contributed by atoms with van der Waals surface area (Å²) in [6.07, 6.45) is 8.29. The molecule has 0 aromatic carbocycles. The molecule has 0 rings (SSSR count). The summed E-state index contributed by atoms with van der Waals surface area (Å²) in [5.41, 5.74) is 0.454. The maximum Gasteiger partial charge on any atom is -0.0152 e. The fourth-order valence-corrected chi connectivity index (χ4v) is 0.888. The molecule has 0 fully saturated rings. The topological polar surface area (TPSA) is 0 Å². The van der Waals surface area contributed by atoms with E-state index in [1.807, 2.05) is 0 Å². The summed E-state index contributed by atoms with van der Waals surface area (Å²) in [5, 5.41) is 0. The molecule has 0 aromatic heterocycles. The first kappa shape index (κ1) is 9.74. The molecular weight excluding hydrogens is 120 g/mol. The summed E-state index contributed by atoms with van der Waals surface area (Å²) in [7, 11) is 0. The Balaban J connectivity index is 3.92. The second-order valence-electron chi connectivity index (χ2n) is 3.17. The molecule has 0 atom stereocenters. The van der Waals surface area contributed by atoms with Gasteiger partial charge in [-0.2, -0.15) is 0 Å². The molecule has 0 N–H and O–H groups in total. The highest BCUT2D eigenvalue weighted by Crippen LogP contribution is 2.26. The molecule has 0 saturated carbocycles. The van der Waals surface area contributed by atoms with E-state index in [2.05, 4.69) is 39.8 Å². The molecule has 10 heavy (non-hydrogen) atoms. The minimum absolute atomic E-state index is 0.454. The van der Waals surface area contributed by atoms with Crippen molar-refractivity contribution in [2.45, 2.75) is 47.0 Å². The molecule has 0 bridgehead atoms. The second kappa shape index (κ2) is 4.54.